The number of fused-ring (bicyclic) bond motifs is 1. The summed E-state index contributed by atoms with van der Waals surface area (Å²) in [6.45, 7) is 5.50. The van der Waals surface area contributed by atoms with Crippen molar-refractivity contribution in [2.24, 2.45) is 0 Å². The zero-order valence-corrected chi connectivity index (χ0v) is 15.8. The summed E-state index contributed by atoms with van der Waals surface area (Å²) in [5, 5.41) is 20.0. The molecular formula is C22H26N2O4+2. The van der Waals surface area contributed by atoms with Crippen LogP contribution in [0.1, 0.15) is 5.56 Å². The van der Waals surface area contributed by atoms with E-state index in [2.05, 4.69) is 0 Å². The molecule has 6 nitrogen and oxygen atoms in total. The Kier molecular flexibility index (Phi) is 5.43. The van der Waals surface area contributed by atoms with Crippen LogP contribution >= 0.6 is 0 Å². The molecule has 1 fully saturated rings. The van der Waals surface area contributed by atoms with Crippen molar-refractivity contribution in [3.8, 4) is 16.9 Å². The predicted octanol–water partition coefficient (Wildman–Crippen LogP) is -0.559. The maximum atomic E-state index is 13.0. The molecule has 6 heteroatoms. The quantitative estimate of drug-likeness (QED) is 0.477. The lowest BCUT2D eigenvalue weighted by molar-refractivity contribution is -1.02. The maximum Gasteiger partial charge on any atom is 0.200 e. The summed E-state index contributed by atoms with van der Waals surface area (Å²) in [6, 6.07) is 12.7. The van der Waals surface area contributed by atoms with Gasteiger partial charge in [-0.25, -0.2) is 0 Å². The van der Waals surface area contributed by atoms with Crippen LogP contribution in [0.4, 0.5) is 0 Å². The summed E-state index contributed by atoms with van der Waals surface area (Å²) in [5.41, 5.74) is 2.43. The number of hydrogen-bond donors (Lipinski definition) is 4. The lowest BCUT2D eigenvalue weighted by atomic mass is 10.0. The summed E-state index contributed by atoms with van der Waals surface area (Å²) < 4.78 is 5.88. The number of benzene rings is 2. The van der Waals surface area contributed by atoms with Gasteiger partial charge in [-0.2, -0.15) is 0 Å². The fourth-order valence-electron chi connectivity index (χ4n) is 4.03. The summed E-state index contributed by atoms with van der Waals surface area (Å²) in [6.07, 6.45) is 1.50. The van der Waals surface area contributed by atoms with Crippen LogP contribution in [0.5, 0.6) is 5.75 Å². The maximum absolute atomic E-state index is 13.0. The minimum Gasteiger partial charge on any atom is -0.507 e. The van der Waals surface area contributed by atoms with E-state index in [0.717, 1.165) is 38.3 Å². The van der Waals surface area contributed by atoms with Crippen molar-refractivity contribution in [2.75, 3.05) is 39.3 Å². The third-order valence-corrected chi connectivity index (χ3v) is 5.66. The Bertz CT molecular complexity index is 1010. The van der Waals surface area contributed by atoms with Crippen molar-refractivity contribution in [1.82, 2.24) is 0 Å². The molecule has 0 saturated carbocycles. The van der Waals surface area contributed by atoms with E-state index < -0.39 is 0 Å². The molecule has 28 heavy (non-hydrogen) atoms. The first kappa shape index (κ1) is 18.7. The molecule has 3 aromatic rings. The van der Waals surface area contributed by atoms with Crippen LogP contribution in [-0.4, -0.2) is 49.5 Å². The number of aliphatic hydroxyl groups is 1. The number of nitrogens with one attached hydrogen (secondary N) is 2. The Morgan fingerprint density at radius 2 is 1.68 bits per heavy atom. The first-order valence-corrected chi connectivity index (χ1v) is 9.77. The number of aromatic hydroxyl groups is 1. The second-order valence-electron chi connectivity index (χ2n) is 7.43. The largest absolute Gasteiger partial charge is 0.507 e. The summed E-state index contributed by atoms with van der Waals surface area (Å²) in [7, 11) is 0. The van der Waals surface area contributed by atoms with E-state index in [1.54, 1.807) is 12.1 Å². The Balaban J connectivity index is 1.65. The zero-order chi connectivity index (χ0) is 19.5. The number of quaternary nitrogens is 2. The minimum absolute atomic E-state index is 0.0825. The Morgan fingerprint density at radius 3 is 2.39 bits per heavy atom. The zero-order valence-electron chi connectivity index (χ0n) is 15.8. The lowest BCUT2D eigenvalue weighted by Gasteiger charge is -2.29. The van der Waals surface area contributed by atoms with Crippen LogP contribution in [0, 0.1) is 0 Å². The first-order valence-electron chi connectivity index (χ1n) is 9.77. The number of piperazine rings is 1. The van der Waals surface area contributed by atoms with E-state index in [0.29, 0.717) is 28.6 Å². The number of aliphatic hydroxyl groups excluding tert-OH is 1. The average Bonchev–Trinajstić information content (AvgIpc) is 2.72. The van der Waals surface area contributed by atoms with E-state index >= 15 is 0 Å². The van der Waals surface area contributed by atoms with Crippen molar-refractivity contribution >= 4 is 11.0 Å². The Labute approximate surface area is 163 Å². The average molecular weight is 382 g/mol. The highest BCUT2D eigenvalue weighted by Gasteiger charge is 2.25. The monoisotopic (exact) mass is 382 g/mol. The van der Waals surface area contributed by atoms with Gasteiger partial charge in [0.2, 0.25) is 5.43 Å². The van der Waals surface area contributed by atoms with E-state index in [1.165, 1.54) is 16.1 Å². The third-order valence-electron chi connectivity index (χ3n) is 5.66. The van der Waals surface area contributed by atoms with Crippen molar-refractivity contribution in [3.63, 3.8) is 0 Å². The normalized spacial score (nSPS) is 19.8. The fourth-order valence-corrected chi connectivity index (χ4v) is 4.03. The second kappa shape index (κ2) is 8.14. The van der Waals surface area contributed by atoms with Crippen molar-refractivity contribution < 1.29 is 24.4 Å². The third kappa shape index (κ3) is 3.67. The van der Waals surface area contributed by atoms with Crippen LogP contribution in [0.2, 0.25) is 0 Å². The van der Waals surface area contributed by atoms with Crippen molar-refractivity contribution in [2.45, 2.75) is 6.54 Å². The van der Waals surface area contributed by atoms with Gasteiger partial charge in [0.15, 0.2) is 0 Å². The van der Waals surface area contributed by atoms with E-state index in [9.17, 15) is 9.90 Å². The van der Waals surface area contributed by atoms with E-state index in [1.807, 2.05) is 30.3 Å². The molecule has 1 aromatic heterocycles. The van der Waals surface area contributed by atoms with Gasteiger partial charge < -0.3 is 24.4 Å². The topological polar surface area (TPSA) is 79.5 Å². The first-order chi connectivity index (χ1) is 13.7. The second-order valence-corrected chi connectivity index (χ2v) is 7.43. The Morgan fingerprint density at radius 1 is 0.964 bits per heavy atom. The molecule has 1 aliphatic heterocycles. The van der Waals surface area contributed by atoms with Gasteiger partial charge in [0, 0.05) is 0 Å². The molecule has 2 aromatic carbocycles. The van der Waals surface area contributed by atoms with Gasteiger partial charge >= 0.3 is 0 Å². The highest BCUT2D eigenvalue weighted by Crippen LogP contribution is 2.27. The van der Waals surface area contributed by atoms with Crippen molar-refractivity contribution in [3.05, 3.63) is 64.5 Å². The predicted molar refractivity (Wildman–Crippen MR) is 107 cm³/mol. The molecule has 146 valence electrons. The summed E-state index contributed by atoms with van der Waals surface area (Å²) in [5.74, 6) is 0.167. The highest BCUT2D eigenvalue weighted by atomic mass is 16.3. The van der Waals surface area contributed by atoms with Gasteiger partial charge in [-0.05, 0) is 17.7 Å². The van der Waals surface area contributed by atoms with Gasteiger partial charge in [-0.1, -0.05) is 30.3 Å². The molecule has 0 spiro atoms. The van der Waals surface area contributed by atoms with Gasteiger partial charge in [0.05, 0.1) is 23.1 Å². The summed E-state index contributed by atoms with van der Waals surface area (Å²) in [4.78, 5) is 15.8. The van der Waals surface area contributed by atoms with E-state index in [4.69, 9.17) is 9.52 Å². The number of rotatable bonds is 5. The highest BCUT2D eigenvalue weighted by molar-refractivity contribution is 5.85. The minimum atomic E-state index is -0.0825. The number of hydrogen-bond acceptors (Lipinski definition) is 4. The number of phenols is 1. The lowest BCUT2D eigenvalue weighted by Crippen LogP contribution is -3.27. The molecule has 0 aliphatic carbocycles. The molecule has 1 aliphatic rings. The molecule has 4 N–H and O–H groups in total. The molecular weight excluding hydrogens is 356 g/mol. The van der Waals surface area contributed by atoms with Crippen LogP contribution in [0.3, 0.4) is 0 Å². The van der Waals surface area contributed by atoms with Gasteiger partial charge in [-0.3, -0.25) is 4.79 Å². The van der Waals surface area contributed by atoms with Gasteiger partial charge in [0.1, 0.15) is 56.9 Å². The standard InChI is InChI=1S/C22H24N2O4/c25-13-12-23-8-10-24(11-9-23)14-18-20(26)7-6-17-21(27)19(15-28-22(17)18)16-4-2-1-3-5-16/h1-7,15,25-26H,8-14H2/p+2. The summed E-state index contributed by atoms with van der Waals surface area (Å²) >= 11 is 0. The fraction of sp³-hybridized carbons (Fsp3) is 0.318. The SMILES string of the molecule is O=c1c(-c2ccccc2)coc2c(C[NH+]3CC[NH+](CCO)CC3)c(O)ccc12. The Hall–Kier alpha value is -2.67. The van der Waals surface area contributed by atoms with Gasteiger partial charge in [0.25, 0.3) is 0 Å². The smallest absolute Gasteiger partial charge is 0.200 e. The van der Waals surface area contributed by atoms with Crippen LogP contribution in [0.25, 0.3) is 22.1 Å². The molecule has 0 unspecified atom stereocenters. The molecule has 0 amide bonds. The molecule has 4 rings (SSSR count). The molecule has 2 heterocycles. The number of phenolic OH excluding ortho intramolecular Hbond substituents is 1. The van der Waals surface area contributed by atoms with Crippen LogP contribution in [-0.2, 0) is 6.54 Å². The molecule has 0 radical (unpaired) electrons. The molecule has 0 bridgehead atoms. The van der Waals surface area contributed by atoms with Crippen LogP contribution in [0.15, 0.2) is 57.9 Å². The van der Waals surface area contributed by atoms with E-state index in [-0.39, 0.29) is 17.8 Å². The molecule has 1 saturated heterocycles. The van der Waals surface area contributed by atoms with Crippen LogP contribution < -0.4 is 15.2 Å². The van der Waals surface area contributed by atoms with Gasteiger partial charge in [-0.15, -0.1) is 0 Å². The van der Waals surface area contributed by atoms with Crippen molar-refractivity contribution in [1.29, 1.82) is 0 Å². The molecule has 0 atom stereocenters.